The molecule has 0 spiro atoms. The number of halogens is 1. The monoisotopic (exact) mass is 332 g/mol. The van der Waals surface area contributed by atoms with Gasteiger partial charge in [0.1, 0.15) is 0 Å². The second kappa shape index (κ2) is 7.43. The van der Waals surface area contributed by atoms with Gasteiger partial charge in [-0.05, 0) is 44.9 Å². The third kappa shape index (κ3) is 4.31. The van der Waals surface area contributed by atoms with E-state index in [1.54, 1.807) is 6.20 Å². The standard InChI is InChI=1S/C18H25ClN4/c1-12(9-13-7-8-13)15(10-20)17-16(19)11-21-18(23-17)22-14-5-3-2-4-6-14/h10-11,13-14,20H,2-9H2,1H3,(H,21,22,23)/b15-12-,20-10?. The van der Waals surface area contributed by atoms with Gasteiger partial charge >= 0.3 is 0 Å². The van der Waals surface area contributed by atoms with E-state index in [4.69, 9.17) is 17.0 Å². The van der Waals surface area contributed by atoms with E-state index in [1.165, 1.54) is 56.7 Å². The van der Waals surface area contributed by atoms with Crippen molar-refractivity contribution in [1.82, 2.24) is 9.97 Å². The first-order valence-electron chi connectivity index (χ1n) is 8.67. The maximum Gasteiger partial charge on any atom is 0.223 e. The number of hydrogen-bond donors (Lipinski definition) is 2. The summed E-state index contributed by atoms with van der Waals surface area (Å²) < 4.78 is 0. The molecule has 0 bridgehead atoms. The molecular weight excluding hydrogens is 308 g/mol. The highest BCUT2D eigenvalue weighted by atomic mass is 35.5. The Morgan fingerprint density at radius 1 is 1.30 bits per heavy atom. The van der Waals surface area contributed by atoms with Crippen LogP contribution in [0.5, 0.6) is 0 Å². The molecule has 0 aromatic carbocycles. The third-order valence-corrected chi connectivity index (χ3v) is 5.11. The minimum absolute atomic E-state index is 0.456. The Morgan fingerprint density at radius 2 is 2.04 bits per heavy atom. The van der Waals surface area contributed by atoms with Gasteiger partial charge in [-0.3, -0.25) is 0 Å². The van der Waals surface area contributed by atoms with Crippen LogP contribution < -0.4 is 5.32 Å². The number of anilines is 1. The van der Waals surface area contributed by atoms with Crippen LogP contribution in [0, 0.1) is 11.3 Å². The molecule has 4 nitrogen and oxygen atoms in total. The molecule has 0 radical (unpaired) electrons. The van der Waals surface area contributed by atoms with Crippen LogP contribution >= 0.6 is 11.6 Å². The van der Waals surface area contributed by atoms with Crippen molar-refractivity contribution < 1.29 is 0 Å². The summed E-state index contributed by atoms with van der Waals surface area (Å²) in [6.45, 7) is 2.09. The van der Waals surface area contributed by atoms with Gasteiger partial charge in [-0.25, -0.2) is 9.97 Å². The highest BCUT2D eigenvalue weighted by Crippen LogP contribution is 2.37. The Morgan fingerprint density at radius 3 is 2.70 bits per heavy atom. The molecule has 0 amide bonds. The Hall–Kier alpha value is -1.42. The van der Waals surface area contributed by atoms with E-state index in [-0.39, 0.29) is 0 Å². The van der Waals surface area contributed by atoms with Gasteiger partial charge in [0.15, 0.2) is 0 Å². The summed E-state index contributed by atoms with van der Waals surface area (Å²) in [5.74, 6) is 1.42. The van der Waals surface area contributed by atoms with Crippen molar-refractivity contribution in [3.63, 3.8) is 0 Å². The second-order valence-corrected chi connectivity index (χ2v) is 7.26. The first-order chi connectivity index (χ1) is 11.2. The molecule has 1 aromatic heterocycles. The number of hydrogen-bond acceptors (Lipinski definition) is 4. The zero-order valence-corrected chi connectivity index (χ0v) is 14.5. The lowest BCUT2D eigenvalue weighted by Gasteiger charge is -2.23. The molecule has 0 atom stereocenters. The van der Waals surface area contributed by atoms with Crippen LogP contribution in [-0.4, -0.2) is 22.2 Å². The Labute approximate surface area is 143 Å². The van der Waals surface area contributed by atoms with Crippen LogP contribution in [0.15, 0.2) is 11.8 Å². The number of aromatic nitrogens is 2. The number of nitrogens with one attached hydrogen (secondary N) is 2. The number of rotatable bonds is 6. The van der Waals surface area contributed by atoms with Crippen LogP contribution in [0.3, 0.4) is 0 Å². The average molecular weight is 333 g/mol. The van der Waals surface area contributed by atoms with E-state index >= 15 is 0 Å². The van der Waals surface area contributed by atoms with Crippen molar-refractivity contribution in [3.05, 3.63) is 22.5 Å². The third-order valence-electron chi connectivity index (χ3n) is 4.83. The van der Waals surface area contributed by atoms with Crippen LogP contribution in [0.2, 0.25) is 5.02 Å². The van der Waals surface area contributed by atoms with Crippen LogP contribution in [0.1, 0.15) is 64.0 Å². The molecule has 5 heteroatoms. The summed E-state index contributed by atoms with van der Waals surface area (Å²) in [4.78, 5) is 8.95. The molecule has 124 valence electrons. The Balaban J connectivity index is 1.82. The topological polar surface area (TPSA) is 61.7 Å². The highest BCUT2D eigenvalue weighted by molar-refractivity contribution is 6.33. The van der Waals surface area contributed by atoms with Crippen molar-refractivity contribution in [2.24, 2.45) is 5.92 Å². The van der Waals surface area contributed by atoms with Gasteiger partial charge in [-0.2, -0.15) is 0 Å². The van der Waals surface area contributed by atoms with E-state index in [1.807, 2.05) is 0 Å². The quantitative estimate of drug-likeness (QED) is 0.712. The molecule has 0 unspecified atom stereocenters. The largest absolute Gasteiger partial charge is 0.351 e. The zero-order chi connectivity index (χ0) is 16.2. The maximum atomic E-state index is 7.79. The SMILES string of the molecule is C/C(CC1CC1)=C(\C=N)c1nc(NC2CCCCC2)ncc1Cl. The van der Waals surface area contributed by atoms with Gasteiger partial charge in [0.25, 0.3) is 0 Å². The van der Waals surface area contributed by atoms with Gasteiger partial charge in [0.2, 0.25) is 5.95 Å². The van der Waals surface area contributed by atoms with E-state index < -0.39 is 0 Å². The Bertz CT molecular complexity index is 601. The average Bonchev–Trinajstić information content (AvgIpc) is 3.36. The van der Waals surface area contributed by atoms with Gasteiger partial charge in [-0.1, -0.05) is 36.4 Å². The predicted octanol–water partition coefficient (Wildman–Crippen LogP) is 5.10. The van der Waals surface area contributed by atoms with Crippen molar-refractivity contribution >= 4 is 29.3 Å². The summed E-state index contributed by atoms with van der Waals surface area (Å²) in [6.07, 6.45) is 12.9. The molecule has 23 heavy (non-hydrogen) atoms. The lowest BCUT2D eigenvalue weighted by Crippen LogP contribution is -2.23. The van der Waals surface area contributed by atoms with E-state index in [0.29, 0.717) is 22.7 Å². The lowest BCUT2D eigenvalue weighted by molar-refractivity contribution is 0.461. The molecule has 2 aliphatic carbocycles. The molecule has 2 N–H and O–H groups in total. The van der Waals surface area contributed by atoms with Crippen molar-refractivity contribution in [3.8, 4) is 0 Å². The fourth-order valence-corrected chi connectivity index (χ4v) is 3.51. The van der Waals surface area contributed by atoms with Gasteiger partial charge in [0, 0.05) is 17.8 Å². The minimum Gasteiger partial charge on any atom is -0.351 e. The van der Waals surface area contributed by atoms with Crippen LogP contribution in [0.4, 0.5) is 5.95 Å². The number of nitrogens with zero attached hydrogens (tertiary/aromatic N) is 2. The first kappa shape index (κ1) is 16.4. The normalized spacial score (nSPS) is 20.1. The smallest absolute Gasteiger partial charge is 0.223 e. The molecule has 0 saturated heterocycles. The summed E-state index contributed by atoms with van der Waals surface area (Å²) >= 11 is 6.32. The predicted molar refractivity (Wildman–Crippen MR) is 96.3 cm³/mol. The van der Waals surface area contributed by atoms with Crippen molar-refractivity contribution in [1.29, 1.82) is 5.41 Å². The summed E-state index contributed by atoms with van der Waals surface area (Å²) in [5, 5.41) is 11.8. The minimum atomic E-state index is 0.456. The van der Waals surface area contributed by atoms with E-state index in [0.717, 1.165) is 17.9 Å². The van der Waals surface area contributed by atoms with E-state index in [9.17, 15) is 0 Å². The second-order valence-electron chi connectivity index (χ2n) is 6.86. The van der Waals surface area contributed by atoms with Gasteiger partial charge in [0.05, 0.1) is 16.9 Å². The molecule has 2 saturated carbocycles. The molecule has 1 aromatic rings. The van der Waals surface area contributed by atoms with Crippen LogP contribution in [0.25, 0.3) is 5.57 Å². The molecule has 1 heterocycles. The number of allylic oxidation sites excluding steroid dienone is 2. The summed E-state index contributed by atoms with van der Waals surface area (Å²) in [6, 6.07) is 0.456. The summed E-state index contributed by atoms with van der Waals surface area (Å²) in [5.41, 5.74) is 2.73. The lowest BCUT2D eigenvalue weighted by atomic mass is 9.96. The van der Waals surface area contributed by atoms with Gasteiger partial charge in [-0.15, -0.1) is 0 Å². The molecule has 2 fully saturated rings. The molecular formula is C18H25ClN4. The van der Waals surface area contributed by atoms with Crippen molar-refractivity contribution in [2.75, 3.05) is 5.32 Å². The Kier molecular flexibility index (Phi) is 5.31. The van der Waals surface area contributed by atoms with Crippen molar-refractivity contribution in [2.45, 2.75) is 64.3 Å². The van der Waals surface area contributed by atoms with E-state index in [2.05, 4.69) is 22.2 Å². The fourth-order valence-electron chi connectivity index (χ4n) is 3.31. The summed E-state index contributed by atoms with van der Waals surface area (Å²) in [7, 11) is 0. The first-order valence-corrected chi connectivity index (χ1v) is 9.05. The zero-order valence-electron chi connectivity index (χ0n) is 13.7. The molecule has 0 aliphatic heterocycles. The highest BCUT2D eigenvalue weighted by Gasteiger charge is 2.23. The maximum absolute atomic E-state index is 7.79. The van der Waals surface area contributed by atoms with Gasteiger partial charge < -0.3 is 10.7 Å². The molecule has 2 aliphatic rings. The molecule has 3 rings (SSSR count). The fraction of sp³-hybridized carbons (Fsp3) is 0.611. The van der Waals surface area contributed by atoms with Crippen LogP contribution in [-0.2, 0) is 0 Å².